The van der Waals surface area contributed by atoms with Crippen molar-refractivity contribution < 1.29 is 9.53 Å². The van der Waals surface area contributed by atoms with Crippen LogP contribution in [-0.2, 0) is 9.53 Å². The van der Waals surface area contributed by atoms with E-state index in [0.717, 1.165) is 6.54 Å². The minimum absolute atomic E-state index is 0.131. The van der Waals surface area contributed by atoms with E-state index in [1.165, 1.54) is 7.11 Å². The van der Waals surface area contributed by atoms with Crippen LogP contribution in [0, 0.1) is 11.8 Å². The molecule has 0 rings (SSSR count). The van der Waals surface area contributed by atoms with Crippen LogP contribution >= 0.6 is 12.2 Å². The van der Waals surface area contributed by atoms with Crippen molar-refractivity contribution in [1.29, 1.82) is 0 Å². The first-order valence-electron chi connectivity index (χ1n) is 5.50. The lowest BCUT2D eigenvalue weighted by Gasteiger charge is -2.22. The summed E-state index contributed by atoms with van der Waals surface area (Å²) < 4.78 is 4.71. The number of nitrogens with one attached hydrogen (secondary N) is 2. The number of hydrogen-bond donors (Lipinski definition) is 2. The molecule has 0 saturated carbocycles. The van der Waals surface area contributed by atoms with Gasteiger partial charge in [0.1, 0.15) is 6.04 Å². The van der Waals surface area contributed by atoms with E-state index in [1.807, 2.05) is 13.8 Å². The Morgan fingerprint density at radius 3 is 2.25 bits per heavy atom. The summed E-state index contributed by atoms with van der Waals surface area (Å²) in [4.78, 5) is 11.5. The molecule has 2 N–H and O–H groups in total. The minimum Gasteiger partial charge on any atom is -0.467 e. The molecule has 4 nitrogen and oxygen atoms in total. The molecule has 0 aromatic rings. The smallest absolute Gasteiger partial charge is 0.328 e. The fourth-order valence-electron chi connectivity index (χ4n) is 1.11. The second-order valence-electron chi connectivity index (χ2n) is 4.49. The van der Waals surface area contributed by atoms with Gasteiger partial charge in [-0.1, -0.05) is 27.7 Å². The summed E-state index contributed by atoms with van der Waals surface area (Å²) >= 11 is 5.11. The first-order chi connectivity index (χ1) is 7.38. The zero-order valence-electron chi connectivity index (χ0n) is 10.7. The summed E-state index contributed by atoms with van der Waals surface area (Å²) in [6.07, 6.45) is 0. The van der Waals surface area contributed by atoms with Crippen molar-refractivity contribution in [2.24, 2.45) is 11.8 Å². The van der Waals surface area contributed by atoms with Gasteiger partial charge in [-0.05, 0) is 24.1 Å². The summed E-state index contributed by atoms with van der Waals surface area (Å²) in [6.45, 7) is 8.86. The molecule has 1 unspecified atom stereocenters. The zero-order chi connectivity index (χ0) is 12.7. The van der Waals surface area contributed by atoms with Gasteiger partial charge in [0.2, 0.25) is 0 Å². The Hall–Kier alpha value is -0.840. The molecular weight excluding hydrogens is 224 g/mol. The van der Waals surface area contributed by atoms with E-state index in [-0.39, 0.29) is 11.9 Å². The number of methoxy groups -OCH3 is 1. The standard InChI is InChI=1S/C11H22N2O2S/c1-7(2)6-12-11(16)13-9(8(3)4)10(14)15-5/h7-9H,6H2,1-5H3,(H2,12,13,16). The van der Waals surface area contributed by atoms with Crippen LogP contribution in [-0.4, -0.2) is 30.8 Å². The molecule has 0 amide bonds. The largest absolute Gasteiger partial charge is 0.467 e. The van der Waals surface area contributed by atoms with Crippen molar-refractivity contribution in [3.63, 3.8) is 0 Å². The van der Waals surface area contributed by atoms with E-state index in [0.29, 0.717) is 11.0 Å². The lowest BCUT2D eigenvalue weighted by atomic mass is 10.1. The van der Waals surface area contributed by atoms with Crippen molar-refractivity contribution in [1.82, 2.24) is 10.6 Å². The van der Waals surface area contributed by atoms with Gasteiger partial charge in [-0.25, -0.2) is 4.79 Å². The molecule has 1 atom stereocenters. The van der Waals surface area contributed by atoms with Gasteiger partial charge in [0.25, 0.3) is 0 Å². The number of hydrogen-bond acceptors (Lipinski definition) is 3. The van der Waals surface area contributed by atoms with Crippen LogP contribution in [0.5, 0.6) is 0 Å². The Labute approximate surface area is 103 Å². The molecule has 0 fully saturated rings. The second-order valence-corrected chi connectivity index (χ2v) is 4.90. The van der Waals surface area contributed by atoms with E-state index < -0.39 is 6.04 Å². The van der Waals surface area contributed by atoms with Gasteiger partial charge in [-0.2, -0.15) is 0 Å². The maximum atomic E-state index is 11.5. The number of carbonyl (C=O) groups excluding carboxylic acids is 1. The van der Waals surface area contributed by atoms with Gasteiger partial charge >= 0.3 is 5.97 Å². The van der Waals surface area contributed by atoms with Crippen LogP contribution in [0.2, 0.25) is 0 Å². The van der Waals surface area contributed by atoms with E-state index in [9.17, 15) is 4.79 Å². The van der Waals surface area contributed by atoms with Gasteiger partial charge in [-0.3, -0.25) is 0 Å². The molecule has 16 heavy (non-hydrogen) atoms. The van der Waals surface area contributed by atoms with Gasteiger partial charge in [-0.15, -0.1) is 0 Å². The van der Waals surface area contributed by atoms with Crippen molar-refractivity contribution in [2.45, 2.75) is 33.7 Å². The number of rotatable bonds is 5. The molecule has 0 saturated heterocycles. The molecule has 0 aliphatic heterocycles. The normalized spacial score (nSPS) is 12.4. The van der Waals surface area contributed by atoms with Crippen LogP contribution in [0.3, 0.4) is 0 Å². The number of carbonyl (C=O) groups is 1. The third-order valence-electron chi connectivity index (χ3n) is 2.08. The van der Waals surface area contributed by atoms with Crippen LogP contribution < -0.4 is 10.6 Å². The fourth-order valence-corrected chi connectivity index (χ4v) is 1.32. The molecule has 94 valence electrons. The molecule has 0 radical (unpaired) electrons. The monoisotopic (exact) mass is 246 g/mol. The average molecular weight is 246 g/mol. The number of esters is 1. The van der Waals surface area contributed by atoms with E-state index >= 15 is 0 Å². The highest BCUT2D eigenvalue weighted by molar-refractivity contribution is 7.80. The Kier molecular flexibility index (Phi) is 7.05. The fraction of sp³-hybridized carbons (Fsp3) is 0.818. The maximum absolute atomic E-state index is 11.5. The molecular formula is C11H22N2O2S. The summed E-state index contributed by atoms with van der Waals surface area (Å²) in [5.41, 5.74) is 0. The van der Waals surface area contributed by atoms with E-state index in [2.05, 4.69) is 24.5 Å². The van der Waals surface area contributed by atoms with Gasteiger partial charge in [0, 0.05) is 6.54 Å². The molecule has 0 aromatic heterocycles. The lowest BCUT2D eigenvalue weighted by Crippen LogP contribution is -2.49. The van der Waals surface area contributed by atoms with Crippen molar-refractivity contribution >= 4 is 23.3 Å². The van der Waals surface area contributed by atoms with Crippen LogP contribution in [0.25, 0.3) is 0 Å². The molecule has 0 aliphatic carbocycles. The first kappa shape index (κ1) is 15.2. The van der Waals surface area contributed by atoms with E-state index in [1.54, 1.807) is 0 Å². The Morgan fingerprint density at radius 1 is 1.31 bits per heavy atom. The molecule has 0 bridgehead atoms. The van der Waals surface area contributed by atoms with Crippen LogP contribution in [0.4, 0.5) is 0 Å². The highest BCUT2D eigenvalue weighted by atomic mass is 32.1. The minimum atomic E-state index is -0.392. The summed E-state index contributed by atoms with van der Waals surface area (Å²) in [5.74, 6) is 0.352. The third kappa shape index (κ3) is 5.90. The summed E-state index contributed by atoms with van der Waals surface area (Å²) in [7, 11) is 1.38. The molecule has 0 spiro atoms. The summed E-state index contributed by atoms with van der Waals surface area (Å²) in [6, 6.07) is -0.392. The van der Waals surface area contributed by atoms with Crippen LogP contribution in [0.15, 0.2) is 0 Å². The third-order valence-corrected chi connectivity index (χ3v) is 2.34. The SMILES string of the molecule is COC(=O)C(NC(=S)NCC(C)C)C(C)C. The lowest BCUT2D eigenvalue weighted by molar-refractivity contribution is -0.143. The van der Waals surface area contributed by atoms with Gasteiger partial charge in [0.05, 0.1) is 7.11 Å². The molecule has 5 heteroatoms. The topological polar surface area (TPSA) is 50.4 Å². The predicted molar refractivity (Wildman–Crippen MR) is 69.2 cm³/mol. The molecule has 0 aliphatic rings. The summed E-state index contributed by atoms with van der Waals surface area (Å²) in [5, 5.41) is 6.53. The highest BCUT2D eigenvalue weighted by Crippen LogP contribution is 2.03. The quantitative estimate of drug-likeness (QED) is 0.566. The van der Waals surface area contributed by atoms with Crippen molar-refractivity contribution in [3.05, 3.63) is 0 Å². The highest BCUT2D eigenvalue weighted by Gasteiger charge is 2.23. The average Bonchev–Trinajstić information content (AvgIpc) is 2.21. The van der Waals surface area contributed by atoms with Crippen molar-refractivity contribution in [3.8, 4) is 0 Å². The Bertz CT molecular complexity index is 242. The van der Waals surface area contributed by atoms with Gasteiger partial charge < -0.3 is 15.4 Å². The zero-order valence-corrected chi connectivity index (χ0v) is 11.5. The Morgan fingerprint density at radius 2 is 1.88 bits per heavy atom. The molecule has 0 heterocycles. The van der Waals surface area contributed by atoms with Gasteiger partial charge in [0.15, 0.2) is 5.11 Å². The maximum Gasteiger partial charge on any atom is 0.328 e. The number of ether oxygens (including phenoxy) is 1. The van der Waals surface area contributed by atoms with Crippen LogP contribution in [0.1, 0.15) is 27.7 Å². The first-order valence-corrected chi connectivity index (χ1v) is 5.91. The van der Waals surface area contributed by atoms with Crippen molar-refractivity contribution in [2.75, 3.05) is 13.7 Å². The van der Waals surface area contributed by atoms with E-state index in [4.69, 9.17) is 17.0 Å². The predicted octanol–water partition coefficient (Wildman–Crippen LogP) is 1.30. The number of thiocarbonyl (C=S) groups is 1. The Balaban J connectivity index is 4.19. The molecule has 0 aromatic carbocycles. The second kappa shape index (κ2) is 7.44.